The second-order valence-electron chi connectivity index (χ2n) is 4.52. The Kier molecular flexibility index (Phi) is 7.47. The molecule has 0 aromatic rings. The molecule has 1 heterocycles. The molecule has 0 N–H and O–H groups in total. The van der Waals surface area contributed by atoms with Gasteiger partial charge in [-0.25, -0.2) is 0 Å². The number of hydrogen-bond acceptors (Lipinski definition) is 4. The Morgan fingerprint density at radius 3 is 2.52 bits per heavy atom. The lowest BCUT2D eigenvalue weighted by Crippen LogP contribution is -3.00. The van der Waals surface area contributed by atoms with Crippen LogP contribution in [0.5, 0.6) is 0 Å². The number of allylic oxidation sites excluding steroid dienone is 1. The number of nitrogens with zero attached hydrogens (tertiary/aromatic N) is 3. The van der Waals surface area contributed by atoms with E-state index < -0.39 is 0 Å². The Hall–Kier alpha value is -1.33. The van der Waals surface area contributed by atoms with Crippen LogP contribution in [-0.4, -0.2) is 61.0 Å². The third-order valence-corrected chi connectivity index (χ3v) is 3.29. The molecule has 1 aliphatic heterocycles. The summed E-state index contributed by atoms with van der Waals surface area (Å²) < 4.78 is 16.6. The molecule has 0 amide bonds. The Balaban J connectivity index is 0.00000220. The van der Waals surface area contributed by atoms with Gasteiger partial charge in [-0.15, -0.1) is 0 Å². The summed E-state index contributed by atoms with van der Waals surface area (Å²) in [5.41, 5.74) is 9.51. The smallest absolute Gasteiger partial charge is 0.359 e. The molecule has 0 bridgehead atoms. The highest BCUT2D eigenvalue weighted by Crippen LogP contribution is 2.23. The van der Waals surface area contributed by atoms with Crippen molar-refractivity contribution in [2.75, 3.05) is 39.5 Å². The minimum atomic E-state index is 0. The van der Waals surface area contributed by atoms with Gasteiger partial charge in [-0.1, -0.05) is 0 Å². The van der Waals surface area contributed by atoms with Crippen molar-refractivity contribution in [3.8, 4) is 0 Å². The van der Waals surface area contributed by atoms with E-state index in [2.05, 4.69) is 9.69 Å². The standard InChI is InChI=1S/C14H21N3O3.ClH/c1-3-19-13-10-12(17-5-7-18-8-6-17)14(20-4-2)9-11(13)16-15;/h9-10,12H,3-8H2,1-2H3;1H/p-1. The Morgan fingerprint density at radius 2 is 1.95 bits per heavy atom. The van der Waals surface area contributed by atoms with E-state index in [0.717, 1.165) is 18.8 Å². The predicted molar refractivity (Wildman–Crippen MR) is 74.2 cm³/mol. The highest BCUT2D eigenvalue weighted by atomic mass is 35.5. The minimum Gasteiger partial charge on any atom is -1.00 e. The Bertz CT molecular complexity index is 452. The van der Waals surface area contributed by atoms with Crippen LogP contribution in [0.2, 0.25) is 0 Å². The van der Waals surface area contributed by atoms with Gasteiger partial charge in [0.25, 0.3) is 0 Å². The number of halogens is 1. The largest absolute Gasteiger partial charge is 1.00 e. The lowest BCUT2D eigenvalue weighted by molar-refractivity contribution is -0.0103. The van der Waals surface area contributed by atoms with Crippen LogP contribution in [0.4, 0.5) is 0 Å². The van der Waals surface area contributed by atoms with Crippen LogP contribution >= 0.6 is 0 Å². The zero-order valence-corrected chi connectivity index (χ0v) is 13.2. The Morgan fingerprint density at radius 1 is 1.29 bits per heavy atom. The van der Waals surface area contributed by atoms with Crippen molar-refractivity contribution in [3.63, 3.8) is 0 Å². The molecule has 0 aromatic heterocycles. The zero-order chi connectivity index (χ0) is 14.4. The first kappa shape index (κ1) is 17.7. The lowest BCUT2D eigenvalue weighted by atomic mass is 10.0. The van der Waals surface area contributed by atoms with Gasteiger partial charge in [-0.05, 0) is 19.9 Å². The molecule has 6 nitrogen and oxygen atoms in total. The van der Waals surface area contributed by atoms with Gasteiger partial charge in [0, 0.05) is 13.1 Å². The second-order valence-corrected chi connectivity index (χ2v) is 4.52. The highest BCUT2D eigenvalue weighted by Gasteiger charge is 2.32. The topological polar surface area (TPSA) is 67.3 Å². The molecule has 21 heavy (non-hydrogen) atoms. The molecular formula is C14H21ClN3O3-. The average Bonchev–Trinajstić information content (AvgIpc) is 2.49. The molecule has 1 fully saturated rings. The molecule has 1 atom stereocenters. The van der Waals surface area contributed by atoms with E-state index in [-0.39, 0.29) is 18.4 Å². The summed E-state index contributed by atoms with van der Waals surface area (Å²) in [6, 6.07) is 0.00546. The van der Waals surface area contributed by atoms with E-state index in [1.807, 2.05) is 19.9 Å². The average molecular weight is 315 g/mol. The van der Waals surface area contributed by atoms with Gasteiger partial charge < -0.3 is 32.1 Å². The summed E-state index contributed by atoms with van der Waals surface area (Å²) in [6.45, 7) is 8.06. The van der Waals surface area contributed by atoms with Crippen LogP contribution < -0.4 is 12.4 Å². The quantitative estimate of drug-likeness (QED) is 0.444. The third-order valence-electron chi connectivity index (χ3n) is 3.29. The first-order chi connectivity index (χ1) is 9.80. The van der Waals surface area contributed by atoms with Crippen molar-refractivity contribution < 1.29 is 31.4 Å². The number of morpholine rings is 1. The van der Waals surface area contributed by atoms with Gasteiger partial charge in [0.05, 0.1) is 38.5 Å². The van der Waals surface area contributed by atoms with Crippen LogP contribution in [0, 0.1) is 0 Å². The first-order valence-corrected chi connectivity index (χ1v) is 7.03. The lowest BCUT2D eigenvalue weighted by Gasteiger charge is -2.34. The van der Waals surface area contributed by atoms with E-state index in [1.165, 1.54) is 0 Å². The monoisotopic (exact) mass is 314 g/mol. The van der Waals surface area contributed by atoms with E-state index in [9.17, 15) is 0 Å². The van der Waals surface area contributed by atoms with Gasteiger partial charge in [0.2, 0.25) is 5.76 Å². The molecule has 1 saturated heterocycles. The maximum atomic E-state index is 9.10. The van der Waals surface area contributed by atoms with Gasteiger partial charge in [0.15, 0.2) is 0 Å². The number of rotatable bonds is 5. The van der Waals surface area contributed by atoms with E-state index >= 15 is 0 Å². The van der Waals surface area contributed by atoms with Gasteiger partial charge in [-0.3, -0.25) is 4.90 Å². The van der Waals surface area contributed by atoms with E-state index in [4.69, 9.17) is 19.7 Å². The summed E-state index contributed by atoms with van der Waals surface area (Å²) in [5.74, 6) is 1.38. The highest BCUT2D eigenvalue weighted by molar-refractivity contribution is 6.04. The summed E-state index contributed by atoms with van der Waals surface area (Å²) in [4.78, 5) is 5.56. The van der Waals surface area contributed by atoms with Gasteiger partial charge in [0.1, 0.15) is 5.76 Å². The van der Waals surface area contributed by atoms with E-state index in [1.54, 1.807) is 6.08 Å². The fraction of sp³-hybridized carbons (Fsp3) is 0.643. The summed E-state index contributed by atoms with van der Waals surface area (Å²) in [6.07, 6.45) is 3.70. The predicted octanol–water partition coefficient (Wildman–Crippen LogP) is -1.78. The third kappa shape index (κ3) is 4.32. The molecule has 0 spiro atoms. The SMILES string of the molecule is CCOC1=CC(N2CCOCC2)C(OCC)=CC1=[N+]=[N-].[Cl-]. The second kappa shape index (κ2) is 8.85. The van der Waals surface area contributed by atoms with Crippen molar-refractivity contribution in [1.29, 1.82) is 0 Å². The van der Waals surface area contributed by atoms with Crippen LogP contribution in [-0.2, 0) is 14.2 Å². The summed E-state index contributed by atoms with van der Waals surface area (Å²) in [5, 5.41) is 0. The van der Waals surface area contributed by atoms with Crippen molar-refractivity contribution in [1.82, 2.24) is 4.90 Å². The molecule has 0 saturated carbocycles. The molecule has 0 radical (unpaired) electrons. The van der Waals surface area contributed by atoms with Gasteiger partial charge >= 0.3 is 5.71 Å². The molecule has 1 unspecified atom stereocenters. The fourth-order valence-electron chi connectivity index (χ4n) is 2.39. The number of hydrogen-bond donors (Lipinski definition) is 0. The zero-order valence-electron chi connectivity index (χ0n) is 12.4. The molecule has 1 aliphatic carbocycles. The minimum absolute atomic E-state index is 0. The van der Waals surface area contributed by atoms with Crippen LogP contribution in [0.1, 0.15) is 13.8 Å². The van der Waals surface area contributed by atoms with Crippen molar-refractivity contribution >= 4 is 5.71 Å². The van der Waals surface area contributed by atoms with Crippen molar-refractivity contribution in [2.45, 2.75) is 19.9 Å². The van der Waals surface area contributed by atoms with Crippen LogP contribution in [0.3, 0.4) is 0 Å². The molecule has 118 valence electrons. The normalized spacial score (nSPS) is 22.6. The summed E-state index contributed by atoms with van der Waals surface area (Å²) in [7, 11) is 0. The van der Waals surface area contributed by atoms with E-state index in [0.29, 0.717) is 37.9 Å². The molecule has 2 aliphatic rings. The maximum absolute atomic E-state index is 9.10. The van der Waals surface area contributed by atoms with Crippen LogP contribution in [0.15, 0.2) is 23.7 Å². The molecule has 7 heteroatoms. The fourth-order valence-corrected chi connectivity index (χ4v) is 2.39. The summed E-state index contributed by atoms with van der Waals surface area (Å²) >= 11 is 0. The Labute approximate surface area is 131 Å². The van der Waals surface area contributed by atoms with Crippen molar-refractivity contribution in [2.24, 2.45) is 0 Å². The molecular weight excluding hydrogens is 294 g/mol. The van der Waals surface area contributed by atoms with Crippen molar-refractivity contribution in [3.05, 3.63) is 29.2 Å². The molecule has 0 aromatic carbocycles. The number of ether oxygens (including phenoxy) is 3. The van der Waals surface area contributed by atoms with Gasteiger partial charge in [-0.2, -0.15) is 4.79 Å². The molecule has 2 rings (SSSR count). The first-order valence-electron chi connectivity index (χ1n) is 7.03. The van der Waals surface area contributed by atoms with Crippen LogP contribution in [0.25, 0.3) is 5.53 Å². The maximum Gasteiger partial charge on any atom is 0.359 e.